The Morgan fingerprint density at radius 2 is 2.29 bits per heavy atom. The summed E-state index contributed by atoms with van der Waals surface area (Å²) in [5.74, 6) is 0.945. The predicted octanol–water partition coefficient (Wildman–Crippen LogP) is 1.53. The lowest BCUT2D eigenvalue weighted by atomic mass is 9.90. The lowest BCUT2D eigenvalue weighted by molar-refractivity contribution is 0.325. The van der Waals surface area contributed by atoms with E-state index in [4.69, 9.17) is 4.74 Å². The van der Waals surface area contributed by atoms with Crippen LogP contribution in [0.2, 0.25) is 0 Å². The Hall–Kier alpha value is -1.06. The second kappa shape index (κ2) is 5.07. The summed E-state index contributed by atoms with van der Waals surface area (Å²) in [6.07, 6.45) is 2.27. The predicted molar refractivity (Wildman–Crippen MR) is 70.6 cm³/mol. The highest BCUT2D eigenvalue weighted by atomic mass is 16.5. The van der Waals surface area contributed by atoms with Crippen molar-refractivity contribution in [3.8, 4) is 5.75 Å². The lowest BCUT2D eigenvalue weighted by Crippen LogP contribution is -2.47. The highest BCUT2D eigenvalue weighted by molar-refractivity contribution is 5.30. The molecule has 1 atom stereocenters. The van der Waals surface area contributed by atoms with Crippen molar-refractivity contribution in [2.45, 2.75) is 18.4 Å². The molecule has 1 saturated heterocycles. The molecule has 3 nitrogen and oxygen atoms in total. The maximum atomic E-state index is 5.28. The highest BCUT2D eigenvalue weighted by Gasteiger charge is 2.35. The molecule has 1 aromatic rings. The summed E-state index contributed by atoms with van der Waals surface area (Å²) in [5.41, 5.74) is 1.56. The van der Waals surface area contributed by atoms with Gasteiger partial charge in [0.1, 0.15) is 5.75 Å². The fraction of sp³-hybridized carbons (Fsp3) is 0.571. The minimum absolute atomic E-state index is 0.223. The summed E-state index contributed by atoms with van der Waals surface area (Å²) >= 11 is 0. The molecular weight excluding hydrogens is 212 g/mol. The van der Waals surface area contributed by atoms with Crippen LogP contribution >= 0.6 is 0 Å². The van der Waals surface area contributed by atoms with Gasteiger partial charge in [-0.2, -0.15) is 0 Å². The number of benzene rings is 1. The van der Waals surface area contributed by atoms with E-state index in [0.717, 1.165) is 18.7 Å². The summed E-state index contributed by atoms with van der Waals surface area (Å²) in [6, 6.07) is 8.38. The average molecular weight is 234 g/mol. The molecule has 0 bridgehead atoms. The van der Waals surface area contributed by atoms with Crippen molar-refractivity contribution in [2.75, 3.05) is 34.3 Å². The summed E-state index contributed by atoms with van der Waals surface area (Å²) in [5, 5.41) is 3.51. The number of rotatable bonds is 4. The van der Waals surface area contributed by atoms with E-state index in [1.165, 1.54) is 18.5 Å². The summed E-state index contributed by atoms with van der Waals surface area (Å²) < 4.78 is 5.28. The van der Waals surface area contributed by atoms with E-state index in [1.807, 2.05) is 6.07 Å². The normalized spacial score (nSPS) is 25.1. The Morgan fingerprint density at radius 1 is 1.47 bits per heavy atom. The Labute approximate surface area is 104 Å². The largest absolute Gasteiger partial charge is 0.497 e. The van der Waals surface area contributed by atoms with E-state index in [2.05, 4.69) is 42.5 Å². The van der Waals surface area contributed by atoms with Crippen LogP contribution in [-0.2, 0) is 6.42 Å². The zero-order valence-electron chi connectivity index (χ0n) is 11.0. The van der Waals surface area contributed by atoms with Gasteiger partial charge in [-0.15, -0.1) is 0 Å². The molecule has 1 aliphatic rings. The molecule has 1 N–H and O–H groups in total. The first-order valence-corrected chi connectivity index (χ1v) is 6.18. The highest BCUT2D eigenvalue weighted by Crippen LogP contribution is 2.25. The van der Waals surface area contributed by atoms with Gasteiger partial charge in [0.05, 0.1) is 7.11 Å². The number of hydrogen-bond donors (Lipinski definition) is 1. The van der Waals surface area contributed by atoms with Gasteiger partial charge in [-0.25, -0.2) is 0 Å². The molecule has 1 fully saturated rings. The minimum atomic E-state index is 0.223. The van der Waals surface area contributed by atoms with Gasteiger partial charge in [0.2, 0.25) is 0 Å². The van der Waals surface area contributed by atoms with Gasteiger partial charge in [-0.3, -0.25) is 0 Å². The Bertz CT molecular complexity index is 380. The number of nitrogens with zero attached hydrogens (tertiary/aromatic N) is 1. The third kappa shape index (κ3) is 2.79. The minimum Gasteiger partial charge on any atom is -0.497 e. The van der Waals surface area contributed by atoms with Gasteiger partial charge in [-0.1, -0.05) is 12.1 Å². The van der Waals surface area contributed by atoms with Gasteiger partial charge in [0.25, 0.3) is 0 Å². The molecule has 94 valence electrons. The molecule has 0 amide bonds. The van der Waals surface area contributed by atoms with Crippen LogP contribution in [0.1, 0.15) is 12.0 Å². The summed E-state index contributed by atoms with van der Waals surface area (Å²) in [4.78, 5) is 2.39. The number of methoxy groups -OCH3 is 1. The molecule has 0 saturated carbocycles. The van der Waals surface area contributed by atoms with Crippen molar-refractivity contribution in [3.63, 3.8) is 0 Å². The van der Waals surface area contributed by atoms with Crippen LogP contribution in [0.3, 0.4) is 0 Å². The Balaban J connectivity index is 2.12. The Morgan fingerprint density at radius 3 is 2.88 bits per heavy atom. The molecule has 0 spiro atoms. The van der Waals surface area contributed by atoms with Gasteiger partial charge < -0.3 is 15.0 Å². The van der Waals surface area contributed by atoms with Crippen LogP contribution in [0.15, 0.2) is 24.3 Å². The van der Waals surface area contributed by atoms with Crippen molar-refractivity contribution < 1.29 is 4.74 Å². The standard InChI is InChI=1S/C14H22N2O/c1-15-14(7-8-16(2)11-14)10-12-5-4-6-13(9-12)17-3/h4-6,9,15H,7-8,10-11H2,1-3H3. The number of likely N-dealkylation sites (N-methyl/N-ethyl adjacent to an activating group) is 2. The third-order valence-electron chi connectivity index (χ3n) is 3.75. The van der Waals surface area contributed by atoms with E-state index in [9.17, 15) is 0 Å². The molecule has 0 radical (unpaired) electrons. The van der Waals surface area contributed by atoms with Crippen LogP contribution in [0, 0.1) is 0 Å². The van der Waals surface area contributed by atoms with E-state index in [-0.39, 0.29) is 5.54 Å². The zero-order chi connectivity index (χ0) is 12.3. The average Bonchev–Trinajstić information content (AvgIpc) is 2.72. The van der Waals surface area contributed by atoms with Gasteiger partial charge in [-0.05, 0) is 51.2 Å². The third-order valence-corrected chi connectivity index (χ3v) is 3.75. The topological polar surface area (TPSA) is 24.5 Å². The van der Waals surface area contributed by atoms with E-state index >= 15 is 0 Å². The van der Waals surface area contributed by atoms with Crippen molar-refractivity contribution in [1.29, 1.82) is 0 Å². The van der Waals surface area contributed by atoms with Crippen molar-refractivity contribution in [3.05, 3.63) is 29.8 Å². The van der Waals surface area contributed by atoms with Crippen LogP contribution < -0.4 is 10.1 Å². The molecule has 1 unspecified atom stereocenters. The molecule has 1 aromatic carbocycles. The first-order chi connectivity index (χ1) is 8.17. The first-order valence-electron chi connectivity index (χ1n) is 6.18. The maximum absolute atomic E-state index is 5.28. The zero-order valence-corrected chi connectivity index (χ0v) is 11.0. The Kier molecular flexibility index (Phi) is 3.69. The second-order valence-corrected chi connectivity index (χ2v) is 5.05. The van der Waals surface area contributed by atoms with E-state index in [1.54, 1.807) is 7.11 Å². The molecule has 0 aromatic heterocycles. The quantitative estimate of drug-likeness (QED) is 0.855. The van der Waals surface area contributed by atoms with Crippen LogP contribution in [0.25, 0.3) is 0 Å². The van der Waals surface area contributed by atoms with Crippen LogP contribution in [-0.4, -0.2) is 44.7 Å². The van der Waals surface area contributed by atoms with Gasteiger partial charge in [0.15, 0.2) is 0 Å². The van der Waals surface area contributed by atoms with Crippen LogP contribution in [0.4, 0.5) is 0 Å². The fourth-order valence-corrected chi connectivity index (χ4v) is 2.69. The molecule has 3 heteroatoms. The molecule has 1 heterocycles. The number of ether oxygens (including phenoxy) is 1. The van der Waals surface area contributed by atoms with E-state index < -0.39 is 0 Å². The smallest absolute Gasteiger partial charge is 0.119 e. The number of hydrogen-bond acceptors (Lipinski definition) is 3. The van der Waals surface area contributed by atoms with Crippen LogP contribution in [0.5, 0.6) is 5.75 Å². The first kappa shape index (κ1) is 12.4. The second-order valence-electron chi connectivity index (χ2n) is 5.05. The summed E-state index contributed by atoms with van der Waals surface area (Å²) in [7, 11) is 5.97. The molecule has 17 heavy (non-hydrogen) atoms. The number of likely N-dealkylation sites (tertiary alicyclic amines) is 1. The summed E-state index contributed by atoms with van der Waals surface area (Å²) in [6.45, 7) is 2.28. The maximum Gasteiger partial charge on any atom is 0.119 e. The molecular formula is C14H22N2O. The van der Waals surface area contributed by atoms with Crippen molar-refractivity contribution in [1.82, 2.24) is 10.2 Å². The van der Waals surface area contributed by atoms with Crippen molar-refractivity contribution >= 4 is 0 Å². The number of nitrogens with one attached hydrogen (secondary N) is 1. The lowest BCUT2D eigenvalue weighted by Gasteiger charge is -2.29. The van der Waals surface area contributed by atoms with Crippen molar-refractivity contribution in [2.24, 2.45) is 0 Å². The van der Waals surface area contributed by atoms with E-state index in [0.29, 0.717) is 0 Å². The monoisotopic (exact) mass is 234 g/mol. The van der Waals surface area contributed by atoms with Gasteiger partial charge in [0, 0.05) is 12.1 Å². The molecule has 0 aliphatic carbocycles. The molecule has 2 rings (SSSR count). The SMILES string of the molecule is CNC1(Cc2cccc(OC)c2)CCN(C)C1. The fourth-order valence-electron chi connectivity index (χ4n) is 2.69. The van der Waals surface area contributed by atoms with Gasteiger partial charge >= 0.3 is 0 Å². The molecule has 1 aliphatic heterocycles.